The lowest BCUT2D eigenvalue weighted by Crippen LogP contribution is -2.36. The number of hydrogen-bond donors (Lipinski definition) is 3. The van der Waals surface area contributed by atoms with Crippen molar-refractivity contribution in [1.82, 2.24) is 34.2 Å². The predicted molar refractivity (Wildman–Crippen MR) is 250 cm³/mol. The van der Waals surface area contributed by atoms with Crippen molar-refractivity contribution in [3.63, 3.8) is 0 Å². The van der Waals surface area contributed by atoms with E-state index >= 15 is 8.78 Å². The summed E-state index contributed by atoms with van der Waals surface area (Å²) in [7, 11) is -9.02. The number of alkyl halides is 8. The second-order valence-electron chi connectivity index (χ2n) is 19.2. The summed E-state index contributed by atoms with van der Waals surface area (Å²) in [6.07, 6.45) is -10.5. The molecular formula is C45H42ClF10N7O11PS2-. The number of phosphoric acid groups is 1. The molecule has 418 valence electrons. The van der Waals surface area contributed by atoms with E-state index in [4.69, 9.17) is 26.1 Å². The van der Waals surface area contributed by atoms with Crippen LogP contribution in [0.4, 0.5) is 43.9 Å². The summed E-state index contributed by atoms with van der Waals surface area (Å²) in [5.41, 5.74) is -8.04. The molecule has 5 aromatic rings. The molecule has 1 saturated carbocycles. The van der Waals surface area contributed by atoms with E-state index in [9.17, 15) is 66.5 Å². The number of phosphoric ester groups is 1. The van der Waals surface area contributed by atoms with Crippen molar-refractivity contribution < 1.29 is 94.3 Å². The minimum atomic E-state index is -5.24. The Hall–Kier alpha value is -5.51. The molecule has 2 aromatic carbocycles. The fourth-order valence-corrected chi connectivity index (χ4v) is 9.76. The van der Waals surface area contributed by atoms with E-state index in [0.717, 1.165) is 56.5 Å². The Morgan fingerprint density at radius 1 is 1.03 bits per heavy atom. The van der Waals surface area contributed by atoms with Crippen LogP contribution in [0.25, 0.3) is 22.0 Å². The minimum absolute atomic E-state index is 0.184. The zero-order valence-corrected chi connectivity index (χ0v) is 43.7. The van der Waals surface area contributed by atoms with Gasteiger partial charge in [0.15, 0.2) is 22.3 Å². The monoisotopic (exact) mass is 1180 g/mol. The van der Waals surface area contributed by atoms with Crippen molar-refractivity contribution in [1.29, 1.82) is 0 Å². The lowest BCUT2D eigenvalue weighted by atomic mass is 9.93. The lowest BCUT2D eigenvalue weighted by Gasteiger charge is -2.27. The summed E-state index contributed by atoms with van der Waals surface area (Å²) in [5, 5.41) is 9.10. The van der Waals surface area contributed by atoms with Gasteiger partial charge in [-0.05, 0) is 88.3 Å². The van der Waals surface area contributed by atoms with Gasteiger partial charge >= 0.3 is 26.1 Å². The summed E-state index contributed by atoms with van der Waals surface area (Å²) in [6.45, 7) is -1.58. The summed E-state index contributed by atoms with van der Waals surface area (Å²) in [5.74, 6) is -6.38. The van der Waals surface area contributed by atoms with Gasteiger partial charge < -0.3 is 24.4 Å². The average Bonchev–Trinajstić information content (AvgIpc) is 3.80. The molecule has 4 atom stereocenters. The van der Waals surface area contributed by atoms with Gasteiger partial charge in [0.05, 0.1) is 46.5 Å². The molecule has 32 heteroatoms. The van der Waals surface area contributed by atoms with E-state index < -0.39 is 172 Å². The first-order valence-corrected chi connectivity index (χ1v) is 27.1. The molecule has 3 N–H and O–H groups in total. The van der Waals surface area contributed by atoms with Gasteiger partial charge in [0, 0.05) is 51.6 Å². The molecule has 3 heterocycles. The molecule has 0 spiro atoms. The van der Waals surface area contributed by atoms with E-state index in [1.807, 2.05) is 0 Å². The third-order valence-corrected chi connectivity index (χ3v) is 15.8. The molecule has 2 aliphatic rings. The number of rotatable bonds is 18. The molecule has 2 unspecified atom stereocenters. The summed E-state index contributed by atoms with van der Waals surface area (Å²) in [6, 6.07) is 4.85. The average molecular weight is 1180 g/mol. The van der Waals surface area contributed by atoms with Gasteiger partial charge in [-0.2, -0.15) is 49.6 Å². The molecule has 0 aliphatic heterocycles. The number of aromatic nitrogens is 5. The Kier molecular flexibility index (Phi) is 16.1. The van der Waals surface area contributed by atoms with E-state index in [1.54, 1.807) is 0 Å². The second kappa shape index (κ2) is 20.9. The maximum Gasteiger partial charge on any atom is 0.469 e. The molecule has 3 aromatic heterocycles. The van der Waals surface area contributed by atoms with Gasteiger partial charge in [-0.3, -0.25) is 27.7 Å². The van der Waals surface area contributed by atoms with Crippen molar-refractivity contribution in [2.24, 2.45) is 11.3 Å². The normalized spacial score (nSPS) is 17.4. The van der Waals surface area contributed by atoms with Gasteiger partial charge in [-0.25, -0.2) is 26.7 Å². The Morgan fingerprint density at radius 3 is 2.25 bits per heavy atom. The van der Waals surface area contributed by atoms with Gasteiger partial charge in [-0.15, -0.1) is 0 Å². The molecule has 7 rings (SSSR count). The van der Waals surface area contributed by atoms with Crippen LogP contribution in [-0.2, 0) is 82.7 Å². The van der Waals surface area contributed by atoms with Crippen LogP contribution in [0, 0.1) is 34.8 Å². The van der Waals surface area contributed by atoms with Crippen molar-refractivity contribution >= 4 is 63.3 Å². The number of hydrogen-bond acceptors (Lipinski definition) is 12. The van der Waals surface area contributed by atoms with Crippen LogP contribution in [0.5, 0.6) is 0 Å². The molecular weight excluding hydrogens is 1140 g/mol. The summed E-state index contributed by atoms with van der Waals surface area (Å²) >= 11 is 3.28. The van der Waals surface area contributed by atoms with Crippen molar-refractivity contribution in [2.45, 2.75) is 95.2 Å². The summed E-state index contributed by atoms with van der Waals surface area (Å²) in [4.78, 5) is 49.8. The number of nitrogens with one attached hydrogen (secondary N) is 1. The Morgan fingerprint density at radius 2 is 1.66 bits per heavy atom. The van der Waals surface area contributed by atoms with Crippen LogP contribution in [0.1, 0.15) is 85.7 Å². The highest BCUT2D eigenvalue weighted by Gasteiger charge is 2.68. The maximum absolute atomic E-state index is 15.6. The Balaban J connectivity index is 1.40. The number of carbonyl (C=O) groups excluding carboxylic acids is 2. The van der Waals surface area contributed by atoms with Crippen LogP contribution in [-0.4, -0.2) is 98.2 Å². The van der Waals surface area contributed by atoms with Gasteiger partial charge in [0.25, 0.3) is 5.92 Å². The first-order valence-electron chi connectivity index (χ1n) is 22.3. The molecule has 0 bridgehead atoms. The first-order chi connectivity index (χ1) is 35.3. The quantitative estimate of drug-likeness (QED) is 0.0192. The zero-order valence-electron chi connectivity index (χ0n) is 40.4. The number of sulfone groups is 1. The predicted octanol–water partition coefficient (Wildman–Crippen LogP) is 7.52. The van der Waals surface area contributed by atoms with Crippen molar-refractivity contribution in [2.75, 3.05) is 19.6 Å². The highest BCUT2D eigenvalue weighted by molar-refractivity contribution is 7.92. The van der Waals surface area contributed by atoms with E-state index in [-0.39, 0.29) is 43.9 Å². The molecule has 0 saturated heterocycles. The lowest BCUT2D eigenvalue weighted by molar-refractivity contribution is -0.159. The minimum Gasteiger partial charge on any atom is -0.759 e. The highest BCUT2D eigenvalue weighted by Crippen LogP contribution is 2.68. The van der Waals surface area contributed by atoms with Crippen molar-refractivity contribution in [3.05, 3.63) is 98.7 Å². The first kappa shape index (κ1) is 59.2. The number of carbonyl (C=O) groups is 2. The topological polar surface area (TPSA) is 248 Å². The zero-order chi connectivity index (χ0) is 57.3. The van der Waals surface area contributed by atoms with Crippen LogP contribution >= 0.6 is 19.4 Å². The number of pyridine rings is 1. The van der Waals surface area contributed by atoms with E-state index in [0.29, 0.717) is 15.1 Å². The standard InChI is InChI=1S/C45H43ClF10N7O11PS2/c1-41(2,20-74-75(66,67)68)40(65)73-21-61(76(69)70)17-32-35-30(46)9-8-27(37(35)63(59-32)19-43(49,50)51)26-7-6-25(10-11-42(3,4)77(5,71)72)57-36(26)31(14-22-12-23(47)15-24(48)13-22)58-33(64)18-62-39-34(38(60-62)45(54,55)56)28-16-29(28)44(39,52)53/h6-9,12-13,15,28-29,31H,14,16-21H2,1-5H3,(H,58,64)(H,69,70)(H2,66,67,68)/p-1/t28-,29+,31?/m0/s1. The Labute approximate surface area is 438 Å². The Bertz CT molecular complexity index is 3430. The highest BCUT2D eigenvalue weighted by atomic mass is 35.5. The molecule has 77 heavy (non-hydrogen) atoms. The molecule has 0 radical (unpaired) electrons. The number of nitrogens with zero attached hydrogens (tertiary/aromatic N) is 6. The fraction of sp³-hybridized carbons (Fsp3) is 0.444. The third-order valence-electron chi connectivity index (χ3n) is 12.4. The molecule has 2 aliphatic carbocycles. The molecule has 1 fully saturated rings. The van der Waals surface area contributed by atoms with E-state index in [1.165, 1.54) is 13.8 Å². The number of fused-ring (bicyclic) bond motifs is 4. The molecule has 18 nitrogen and oxygen atoms in total. The molecule has 1 amide bonds. The van der Waals surface area contributed by atoms with Gasteiger partial charge in [0.1, 0.15) is 40.9 Å². The number of amides is 1. The third kappa shape index (κ3) is 13.2. The largest absolute Gasteiger partial charge is 0.759 e. The van der Waals surface area contributed by atoms with Gasteiger partial charge in [-0.1, -0.05) is 23.6 Å². The summed E-state index contributed by atoms with van der Waals surface area (Å²) < 4.78 is 217. The SMILES string of the molecule is CC(C)(COP(=O)(O)O)C(=O)OCN(Cc1nn(CC(F)(F)F)c2c(-c3ccc(C#CC(C)(C)S(C)(=O)=O)nc3C(Cc3cc(F)cc(F)c3)NC(=O)Cn3nc(C(F)(F)F)c4c3C(F)(F)[C@@H]3C[C@H]43)ccc(Cl)c12)S(=O)[O-]. The fourth-order valence-electron chi connectivity index (χ4n) is 8.40. The number of benzene rings is 2. The van der Waals surface area contributed by atoms with Crippen LogP contribution in [0.15, 0.2) is 42.5 Å². The number of esters is 1. The second-order valence-corrected chi connectivity index (χ2v) is 24.4. The van der Waals surface area contributed by atoms with Crippen LogP contribution < -0.4 is 5.32 Å². The van der Waals surface area contributed by atoms with E-state index in [2.05, 4.69) is 36.9 Å². The van der Waals surface area contributed by atoms with Crippen LogP contribution in [0.2, 0.25) is 5.02 Å². The van der Waals surface area contributed by atoms with Crippen LogP contribution in [0.3, 0.4) is 0 Å². The number of halogens is 11. The maximum atomic E-state index is 15.6. The smallest absolute Gasteiger partial charge is 0.469 e. The number of ether oxygens (including phenoxy) is 1. The van der Waals surface area contributed by atoms with Crippen molar-refractivity contribution in [3.8, 4) is 23.0 Å². The van der Waals surface area contributed by atoms with Gasteiger partial charge in [0.2, 0.25) is 5.91 Å².